The van der Waals surface area contributed by atoms with Gasteiger partial charge in [-0.05, 0) is 24.0 Å². The lowest BCUT2D eigenvalue weighted by Crippen LogP contribution is -2.36. The van der Waals surface area contributed by atoms with Gasteiger partial charge in [-0.15, -0.1) is 0 Å². The van der Waals surface area contributed by atoms with Gasteiger partial charge in [-0.2, -0.15) is 0 Å². The van der Waals surface area contributed by atoms with Gasteiger partial charge in [0.1, 0.15) is 0 Å². The molecule has 1 amide bonds. The molecule has 0 heterocycles. The Hall–Kier alpha value is -1.84. The summed E-state index contributed by atoms with van der Waals surface area (Å²) in [4.78, 5) is 24.8. The quantitative estimate of drug-likeness (QED) is 0.900. The number of hydrogen-bond donors (Lipinski definition) is 1. The minimum Gasteiger partial charge on any atom is -0.481 e. The molecule has 0 saturated carbocycles. The number of hydrogen-bond acceptors (Lipinski definition) is 2. The topological polar surface area (TPSA) is 57.6 Å². The molecule has 1 N–H and O–H groups in total. The number of rotatable bonds is 4. The first-order chi connectivity index (χ1) is 9.00. The zero-order chi connectivity index (χ0) is 14.0. The maximum atomic E-state index is 12.4. The number of carboxylic acid groups (broad SMARTS) is 1. The summed E-state index contributed by atoms with van der Waals surface area (Å²) in [6.07, 6.45) is 1.75. The second-order valence-corrected chi connectivity index (χ2v) is 5.25. The van der Waals surface area contributed by atoms with Crippen molar-refractivity contribution < 1.29 is 14.7 Å². The normalized spacial score (nSPS) is 18.7. The number of carbonyl (C=O) groups is 2. The van der Waals surface area contributed by atoms with Crippen LogP contribution in [0.3, 0.4) is 0 Å². The van der Waals surface area contributed by atoms with Gasteiger partial charge >= 0.3 is 5.97 Å². The van der Waals surface area contributed by atoms with Gasteiger partial charge in [-0.1, -0.05) is 31.2 Å². The van der Waals surface area contributed by atoms with Crippen LogP contribution in [0.25, 0.3) is 0 Å². The van der Waals surface area contributed by atoms with Crippen molar-refractivity contribution in [3.8, 4) is 0 Å². The van der Waals surface area contributed by atoms with Crippen molar-refractivity contribution in [2.75, 3.05) is 13.6 Å². The summed E-state index contributed by atoms with van der Waals surface area (Å²) in [6.45, 7) is 1.88. The average Bonchev–Trinajstić information content (AvgIpc) is 2.81. The maximum Gasteiger partial charge on any atom is 0.308 e. The molecule has 0 aliphatic heterocycles. The van der Waals surface area contributed by atoms with E-state index in [1.165, 1.54) is 5.56 Å². The predicted molar refractivity (Wildman–Crippen MR) is 71.9 cm³/mol. The van der Waals surface area contributed by atoms with Crippen LogP contribution >= 0.6 is 0 Å². The molecule has 1 aromatic carbocycles. The minimum absolute atomic E-state index is 0.0260. The molecule has 1 aliphatic rings. The lowest BCUT2D eigenvalue weighted by Gasteiger charge is -2.23. The fourth-order valence-electron chi connectivity index (χ4n) is 2.66. The van der Waals surface area contributed by atoms with Crippen LogP contribution in [0.5, 0.6) is 0 Å². The van der Waals surface area contributed by atoms with Gasteiger partial charge in [0.25, 0.3) is 0 Å². The molecule has 4 nitrogen and oxygen atoms in total. The van der Waals surface area contributed by atoms with E-state index in [9.17, 15) is 9.59 Å². The number of fused-ring (bicyclic) bond motifs is 1. The highest BCUT2D eigenvalue weighted by atomic mass is 16.4. The second-order valence-electron chi connectivity index (χ2n) is 5.25. The molecule has 0 bridgehead atoms. The van der Waals surface area contributed by atoms with Gasteiger partial charge in [0, 0.05) is 13.6 Å². The Balaban J connectivity index is 2.07. The van der Waals surface area contributed by atoms with Crippen molar-refractivity contribution >= 4 is 11.9 Å². The van der Waals surface area contributed by atoms with Crippen molar-refractivity contribution in [1.82, 2.24) is 4.90 Å². The Bertz CT molecular complexity index is 498. The van der Waals surface area contributed by atoms with E-state index >= 15 is 0 Å². The minimum atomic E-state index is -0.869. The van der Waals surface area contributed by atoms with Crippen molar-refractivity contribution in [3.63, 3.8) is 0 Å². The number of aliphatic carboxylic acids is 1. The average molecular weight is 261 g/mol. The first-order valence-electron chi connectivity index (χ1n) is 6.56. The van der Waals surface area contributed by atoms with E-state index in [2.05, 4.69) is 6.07 Å². The molecule has 1 aromatic rings. The van der Waals surface area contributed by atoms with Crippen molar-refractivity contribution in [3.05, 3.63) is 35.4 Å². The number of carbonyl (C=O) groups excluding carboxylic acids is 1. The fraction of sp³-hybridized carbons (Fsp3) is 0.467. The Morgan fingerprint density at radius 2 is 2.11 bits per heavy atom. The van der Waals surface area contributed by atoms with Crippen molar-refractivity contribution in [1.29, 1.82) is 0 Å². The van der Waals surface area contributed by atoms with Gasteiger partial charge in [0.15, 0.2) is 0 Å². The third-order valence-corrected chi connectivity index (χ3v) is 3.78. The van der Waals surface area contributed by atoms with Crippen LogP contribution in [0.2, 0.25) is 0 Å². The van der Waals surface area contributed by atoms with E-state index in [0.29, 0.717) is 0 Å². The summed E-state index contributed by atoms with van der Waals surface area (Å²) in [5.41, 5.74) is 2.34. The Labute approximate surface area is 113 Å². The first kappa shape index (κ1) is 13.6. The number of aryl methyl sites for hydroxylation is 1. The number of benzene rings is 1. The number of nitrogens with zero attached hydrogens (tertiary/aromatic N) is 1. The molecular weight excluding hydrogens is 242 g/mol. The van der Waals surface area contributed by atoms with E-state index < -0.39 is 11.9 Å². The van der Waals surface area contributed by atoms with E-state index in [4.69, 9.17) is 5.11 Å². The smallest absolute Gasteiger partial charge is 0.308 e. The summed E-state index contributed by atoms with van der Waals surface area (Å²) in [5, 5.41) is 8.90. The van der Waals surface area contributed by atoms with E-state index in [-0.39, 0.29) is 18.4 Å². The van der Waals surface area contributed by atoms with Gasteiger partial charge in [0.05, 0.1) is 11.8 Å². The summed E-state index contributed by atoms with van der Waals surface area (Å²) < 4.78 is 0. The molecule has 19 heavy (non-hydrogen) atoms. The summed E-state index contributed by atoms with van der Waals surface area (Å²) in [5.74, 6) is -1.49. The van der Waals surface area contributed by atoms with E-state index in [1.807, 2.05) is 18.2 Å². The fourth-order valence-corrected chi connectivity index (χ4v) is 2.66. The maximum absolute atomic E-state index is 12.4. The molecule has 0 fully saturated rings. The standard InChI is InChI=1S/C15H19NO3/c1-10(15(18)19)9-16(2)14(17)13-8-7-11-5-3-4-6-12(11)13/h3-6,10,13H,7-9H2,1-2H3,(H,18,19). The Morgan fingerprint density at radius 1 is 1.42 bits per heavy atom. The number of amides is 1. The van der Waals surface area contributed by atoms with Crippen LogP contribution in [0.15, 0.2) is 24.3 Å². The third kappa shape index (κ3) is 2.78. The van der Waals surface area contributed by atoms with Crippen molar-refractivity contribution in [2.24, 2.45) is 5.92 Å². The van der Waals surface area contributed by atoms with E-state index in [0.717, 1.165) is 18.4 Å². The predicted octanol–water partition coefficient (Wildman–Crippen LogP) is 1.90. The zero-order valence-corrected chi connectivity index (χ0v) is 11.3. The molecule has 2 rings (SSSR count). The Morgan fingerprint density at radius 3 is 2.79 bits per heavy atom. The molecule has 4 heteroatoms. The van der Waals surface area contributed by atoms with Gasteiger partial charge in [0.2, 0.25) is 5.91 Å². The molecule has 0 aromatic heterocycles. The first-order valence-corrected chi connectivity index (χ1v) is 6.56. The summed E-state index contributed by atoms with van der Waals surface area (Å²) in [7, 11) is 1.68. The van der Waals surface area contributed by atoms with Crippen LogP contribution in [0.1, 0.15) is 30.4 Å². The monoisotopic (exact) mass is 261 g/mol. The van der Waals surface area contributed by atoms with Gasteiger partial charge < -0.3 is 10.0 Å². The third-order valence-electron chi connectivity index (χ3n) is 3.78. The SMILES string of the molecule is CC(CN(C)C(=O)C1CCc2ccccc21)C(=O)O. The van der Waals surface area contributed by atoms with Crippen LogP contribution in [0, 0.1) is 5.92 Å². The van der Waals surface area contributed by atoms with E-state index in [1.54, 1.807) is 18.9 Å². The Kier molecular flexibility index (Phi) is 3.88. The number of carboxylic acids is 1. The molecule has 0 spiro atoms. The largest absolute Gasteiger partial charge is 0.481 e. The summed E-state index contributed by atoms with van der Waals surface area (Å²) >= 11 is 0. The molecule has 2 atom stereocenters. The molecule has 1 aliphatic carbocycles. The summed E-state index contributed by atoms with van der Waals surface area (Å²) in [6, 6.07) is 7.99. The lowest BCUT2D eigenvalue weighted by atomic mass is 9.99. The zero-order valence-electron chi connectivity index (χ0n) is 11.3. The second kappa shape index (κ2) is 5.43. The van der Waals surface area contributed by atoms with Gasteiger partial charge in [-0.3, -0.25) is 9.59 Å². The molecule has 0 saturated heterocycles. The molecule has 2 unspecified atom stereocenters. The molecule has 0 radical (unpaired) electrons. The van der Waals surface area contributed by atoms with Gasteiger partial charge in [-0.25, -0.2) is 0 Å². The van der Waals surface area contributed by atoms with Crippen LogP contribution in [0.4, 0.5) is 0 Å². The lowest BCUT2D eigenvalue weighted by molar-refractivity contribution is -0.142. The highest BCUT2D eigenvalue weighted by Gasteiger charge is 2.31. The highest BCUT2D eigenvalue weighted by Crippen LogP contribution is 2.34. The molecule has 102 valence electrons. The number of likely N-dealkylation sites (N-methyl/N-ethyl adjacent to an activating group) is 1. The van der Waals surface area contributed by atoms with Crippen LogP contribution < -0.4 is 0 Å². The van der Waals surface area contributed by atoms with Crippen LogP contribution in [-0.4, -0.2) is 35.5 Å². The van der Waals surface area contributed by atoms with Crippen molar-refractivity contribution in [2.45, 2.75) is 25.7 Å². The molecular formula is C15H19NO3. The highest BCUT2D eigenvalue weighted by molar-refractivity contribution is 5.85. The van der Waals surface area contributed by atoms with Crippen LogP contribution in [-0.2, 0) is 16.0 Å².